The van der Waals surface area contributed by atoms with E-state index in [1.807, 2.05) is 61.6 Å². The van der Waals surface area contributed by atoms with E-state index in [0.717, 1.165) is 28.5 Å². The van der Waals surface area contributed by atoms with Gasteiger partial charge in [-0.15, -0.1) is 0 Å². The normalized spacial score (nSPS) is 10.2. The molecule has 1 N–H and O–H groups in total. The largest absolute Gasteiger partial charge is 0.373 e. The van der Waals surface area contributed by atoms with E-state index in [0.29, 0.717) is 0 Å². The first-order valence-electron chi connectivity index (χ1n) is 6.54. The predicted octanol–water partition coefficient (Wildman–Crippen LogP) is 3.85. The van der Waals surface area contributed by atoms with E-state index in [2.05, 4.69) is 27.4 Å². The average Bonchev–Trinajstić information content (AvgIpc) is 2.56. The molecule has 98 valence electrons. The molecule has 0 saturated carbocycles. The molecule has 3 nitrogen and oxygen atoms in total. The molecule has 0 fully saturated rings. The van der Waals surface area contributed by atoms with E-state index in [4.69, 9.17) is 0 Å². The molecule has 0 aliphatic carbocycles. The van der Waals surface area contributed by atoms with E-state index in [1.165, 1.54) is 0 Å². The third kappa shape index (κ3) is 2.52. The number of nitrogens with zero attached hydrogens (tertiary/aromatic N) is 2. The molecule has 1 heterocycles. The maximum atomic E-state index is 4.67. The van der Waals surface area contributed by atoms with Gasteiger partial charge in [-0.3, -0.25) is 0 Å². The Labute approximate surface area is 118 Å². The lowest BCUT2D eigenvalue weighted by Gasteiger charge is -2.08. The highest BCUT2D eigenvalue weighted by Crippen LogP contribution is 2.23. The number of aromatic nitrogens is 2. The summed E-state index contributed by atoms with van der Waals surface area (Å²) in [5.74, 6) is 1.55. The molecule has 2 aromatic carbocycles. The van der Waals surface area contributed by atoms with Crippen molar-refractivity contribution in [3.05, 3.63) is 66.7 Å². The third-order valence-electron chi connectivity index (χ3n) is 3.08. The molecule has 3 aromatic rings. The van der Waals surface area contributed by atoms with Crippen molar-refractivity contribution < 1.29 is 0 Å². The van der Waals surface area contributed by atoms with Crippen LogP contribution in [0.15, 0.2) is 66.7 Å². The molecular formula is C17H15N3. The first kappa shape index (κ1) is 12.4. The summed E-state index contributed by atoms with van der Waals surface area (Å²) in [6.07, 6.45) is 0. The number of anilines is 1. The molecule has 3 rings (SSSR count). The van der Waals surface area contributed by atoms with E-state index in [-0.39, 0.29) is 0 Å². The van der Waals surface area contributed by atoms with Gasteiger partial charge in [0.05, 0.1) is 5.69 Å². The average molecular weight is 261 g/mol. The molecule has 0 bridgehead atoms. The van der Waals surface area contributed by atoms with Crippen molar-refractivity contribution in [1.29, 1.82) is 0 Å². The summed E-state index contributed by atoms with van der Waals surface area (Å²) in [6.45, 7) is 0. The van der Waals surface area contributed by atoms with Crippen molar-refractivity contribution in [2.24, 2.45) is 0 Å². The van der Waals surface area contributed by atoms with Gasteiger partial charge in [0.2, 0.25) is 0 Å². The van der Waals surface area contributed by atoms with Gasteiger partial charge in [0, 0.05) is 24.2 Å². The van der Waals surface area contributed by atoms with Gasteiger partial charge < -0.3 is 5.32 Å². The van der Waals surface area contributed by atoms with Crippen LogP contribution in [0.5, 0.6) is 0 Å². The van der Waals surface area contributed by atoms with Crippen LogP contribution in [0.1, 0.15) is 0 Å². The number of benzene rings is 2. The number of nitrogens with one attached hydrogen (secondary N) is 1. The summed E-state index contributed by atoms with van der Waals surface area (Å²) in [7, 11) is 1.87. The van der Waals surface area contributed by atoms with Gasteiger partial charge in [-0.2, -0.15) is 0 Å². The van der Waals surface area contributed by atoms with Crippen LogP contribution in [-0.2, 0) is 0 Å². The molecule has 0 atom stereocenters. The number of hydrogen-bond donors (Lipinski definition) is 1. The van der Waals surface area contributed by atoms with Crippen molar-refractivity contribution >= 4 is 5.82 Å². The zero-order valence-electron chi connectivity index (χ0n) is 11.2. The predicted molar refractivity (Wildman–Crippen MR) is 82.5 cm³/mol. The van der Waals surface area contributed by atoms with Gasteiger partial charge in [0.15, 0.2) is 5.82 Å². The first-order valence-corrected chi connectivity index (χ1v) is 6.54. The van der Waals surface area contributed by atoms with Crippen LogP contribution in [0.4, 0.5) is 5.82 Å². The van der Waals surface area contributed by atoms with Crippen molar-refractivity contribution in [2.75, 3.05) is 12.4 Å². The standard InChI is InChI=1S/C17H15N3/c1-18-16-12-15(13-8-4-2-5-9-13)19-17(20-16)14-10-6-3-7-11-14/h2-12H,1H3,(H,18,19,20). The summed E-state index contributed by atoms with van der Waals surface area (Å²) >= 11 is 0. The fourth-order valence-electron chi connectivity index (χ4n) is 2.05. The van der Waals surface area contributed by atoms with Gasteiger partial charge in [0.1, 0.15) is 5.82 Å². The highest BCUT2D eigenvalue weighted by atomic mass is 15.0. The number of rotatable bonds is 3. The maximum Gasteiger partial charge on any atom is 0.162 e. The highest BCUT2D eigenvalue weighted by Gasteiger charge is 2.07. The van der Waals surface area contributed by atoms with E-state index >= 15 is 0 Å². The summed E-state index contributed by atoms with van der Waals surface area (Å²) in [4.78, 5) is 9.20. The smallest absolute Gasteiger partial charge is 0.162 e. The Hall–Kier alpha value is -2.68. The lowest BCUT2D eigenvalue weighted by molar-refractivity contribution is 1.17. The summed E-state index contributed by atoms with van der Waals surface area (Å²) in [5, 5.41) is 3.10. The second kappa shape index (κ2) is 5.53. The Morgan fingerprint density at radius 1 is 0.750 bits per heavy atom. The van der Waals surface area contributed by atoms with Crippen molar-refractivity contribution in [2.45, 2.75) is 0 Å². The summed E-state index contributed by atoms with van der Waals surface area (Å²) in [5.41, 5.74) is 3.02. The minimum Gasteiger partial charge on any atom is -0.373 e. The SMILES string of the molecule is CNc1cc(-c2ccccc2)nc(-c2ccccc2)n1. The molecule has 0 aliphatic rings. The minimum absolute atomic E-state index is 0.733. The third-order valence-corrected chi connectivity index (χ3v) is 3.08. The molecule has 0 radical (unpaired) electrons. The summed E-state index contributed by atoms with van der Waals surface area (Å²) in [6, 6.07) is 22.1. The fourth-order valence-corrected chi connectivity index (χ4v) is 2.05. The van der Waals surface area contributed by atoms with Crippen LogP contribution in [0.25, 0.3) is 22.6 Å². The zero-order chi connectivity index (χ0) is 13.8. The Bertz CT molecular complexity index is 636. The molecule has 0 amide bonds. The van der Waals surface area contributed by atoms with E-state index in [1.54, 1.807) is 0 Å². The Balaban J connectivity index is 2.13. The second-order valence-electron chi connectivity index (χ2n) is 4.44. The quantitative estimate of drug-likeness (QED) is 0.778. The molecule has 3 heteroatoms. The first-order chi connectivity index (χ1) is 9.86. The molecule has 1 aromatic heterocycles. The van der Waals surface area contributed by atoms with Gasteiger partial charge in [-0.25, -0.2) is 9.97 Å². The molecule has 0 saturated heterocycles. The van der Waals surface area contributed by atoms with Crippen LogP contribution in [0, 0.1) is 0 Å². The Morgan fingerprint density at radius 2 is 1.35 bits per heavy atom. The summed E-state index contributed by atoms with van der Waals surface area (Å²) < 4.78 is 0. The topological polar surface area (TPSA) is 37.8 Å². The molecule has 20 heavy (non-hydrogen) atoms. The minimum atomic E-state index is 0.733. The van der Waals surface area contributed by atoms with Crippen LogP contribution >= 0.6 is 0 Å². The van der Waals surface area contributed by atoms with E-state index in [9.17, 15) is 0 Å². The van der Waals surface area contributed by atoms with Crippen molar-refractivity contribution in [1.82, 2.24) is 9.97 Å². The molecule has 0 aliphatic heterocycles. The zero-order valence-corrected chi connectivity index (χ0v) is 11.2. The van der Waals surface area contributed by atoms with E-state index < -0.39 is 0 Å². The molecule has 0 unspecified atom stereocenters. The van der Waals surface area contributed by atoms with Crippen LogP contribution in [0.3, 0.4) is 0 Å². The van der Waals surface area contributed by atoms with Crippen LogP contribution in [-0.4, -0.2) is 17.0 Å². The van der Waals surface area contributed by atoms with Gasteiger partial charge in [-0.05, 0) is 0 Å². The maximum absolute atomic E-state index is 4.67. The lowest BCUT2D eigenvalue weighted by Crippen LogP contribution is -1.98. The van der Waals surface area contributed by atoms with Gasteiger partial charge in [0.25, 0.3) is 0 Å². The lowest BCUT2D eigenvalue weighted by atomic mass is 10.1. The Kier molecular flexibility index (Phi) is 3.42. The molecular weight excluding hydrogens is 246 g/mol. The fraction of sp³-hybridized carbons (Fsp3) is 0.0588. The Morgan fingerprint density at radius 3 is 1.95 bits per heavy atom. The van der Waals surface area contributed by atoms with Crippen molar-refractivity contribution in [3.63, 3.8) is 0 Å². The van der Waals surface area contributed by atoms with Crippen LogP contribution < -0.4 is 5.32 Å². The second-order valence-corrected chi connectivity index (χ2v) is 4.44. The van der Waals surface area contributed by atoms with Crippen molar-refractivity contribution in [3.8, 4) is 22.6 Å². The van der Waals surface area contributed by atoms with Crippen LogP contribution in [0.2, 0.25) is 0 Å². The highest BCUT2D eigenvalue weighted by molar-refractivity contribution is 5.67. The number of hydrogen-bond acceptors (Lipinski definition) is 3. The monoisotopic (exact) mass is 261 g/mol. The van der Waals surface area contributed by atoms with Gasteiger partial charge >= 0.3 is 0 Å². The van der Waals surface area contributed by atoms with Gasteiger partial charge in [-0.1, -0.05) is 60.7 Å². The molecule has 0 spiro atoms.